The van der Waals surface area contributed by atoms with Crippen molar-refractivity contribution in [2.75, 3.05) is 19.6 Å². The van der Waals surface area contributed by atoms with Crippen molar-refractivity contribution in [3.8, 4) is 0 Å². The third-order valence-electron chi connectivity index (χ3n) is 3.43. The Morgan fingerprint density at radius 1 is 1.40 bits per heavy atom. The minimum absolute atomic E-state index is 0. The average molecular weight is 338 g/mol. The minimum Gasteiger partial charge on any atom is -0.337 e. The molecule has 1 saturated heterocycles. The van der Waals surface area contributed by atoms with Crippen LogP contribution >= 0.6 is 35.6 Å². The summed E-state index contributed by atoms with van der Waals surface area (Å²) in [5.41, 5.74) is 1.05. The van der Waals surface area contributed by atoms with Crippen LogP contribution < -0.4 is 5.32 Å². The predicted octanol–water partition coefficient (Wildman–Crippen LogP) is 3.17. The van der Waals surface area contributed by atoms with Crippen molar-refractivity contribution < 1.29 is 4.79 Å². The third kappa shape index (κ3) is 4.52. The highest BCUT2D eigenvalue weighted by atomic mass is 35.5. The van der Waals surface area contributed by atoms with Crippen molar-refractivity contribution in [3.63, 3.8) is 0 Å². The lowest BCUT2D eigenvalue weighted by molar-refractivity contribution is -0.133. The number of hydrogen-bond acceptors (Lipinski definition) is 2. The number of carbonyl (C=O) groups excluding carboxylic acids is 1. The minimum atomic E-state index is 0. The number of benzene rings is 1. The van der Waals surface area contributed by atoms with Crippen LogP contribution in [0.2, 0.25) is 10.0 Å². The Balaban J connectivity index is 0.00000200. The van der Waals surface area contributed by atoms with E-state index in [1.807, 2.05) is 17.0 Å². The maximum absolute atomic E-state index is 12.2. The molecule has 0 aromatic heterocycles. The van der Waals surface area contributed by atoms with Crippen LogP contribution in [0.15, 0.2) is 18.2 Å². The maximum Gasteiger partial charge on any atom is 0.223 e. The summed E-state index contributed by atoms with van der Waals surface area (Å²) in [5, 5.41) is 4.37. The highest BCUT2D eigenvalue weighted by Gasteiger charge is 2.22. The van der Waals surface area contributed by atoms with Gasteiger partial charge in [0.2, 0.25) is 5.91 Å². The first-order valence-electron chi connectivity index (χ1n) is 6.52. The molecule has 0 bridgehead atoms. The number of rotatable bonds is 3. The molecule has 1 heterocycles. The van der Waals surface area contributed by atoms with Gasteiger partial charge in [-0.15, -0.1) is 12.4 Å². The molecule has 1 amide bonds. The van der Waals surface area contributed by atoms with Crippen LogP contribution in [0.3, 0.4) is 0 Å². The van der Waals surface area contributed by atoms with E-state index in [0.29, 0.717) is 22.9 Å². The molecular weight excluding hydrogens is 319 g/mol. The zero-order chi connectivity index (χ0) is 13.8. The number of piperazine rings is 1. The van der Waals surface area contributed by atoms with Gasteiger partial charge in [-0.25, -0.2) is 0 Å². The normalized spacial score (nSPS) is 18.6. The Hall–Kier alpha value is -0.480. The summed E-state index contributed by atoms with van der Waals surface area (Å²) in [4.78, 5) is 14.1. The first-order chi connectivity index (χ1) is 9.08. The van der Waals surface area contributed by atoms with Gasteiger partial charge in [0.05, 0.1) is 10.0 Å². The molecular formula is C14H19Cl3N2O. The number of amides is 1. The van der Waals surface area contributed by atoms with Crippen molar-refractivity contribution in [1.29, 1.82) is 0 Å². The zero-order valence-electron chi connectivity index (χ0n) is 11.4. The van der Waals surface area contributed by atoms with E-state index in [9.17, 15) is 4.79 Å². The SMILES string of the molecule is C[C@@H]1CNCCN1C(=O)CCc1ccc(Cl)c(Cl)c1.Cl. The predicted molar refractivity (Wildman–Crippen MR) is 86.1 cm³/mol. The summed E-state index contributed by atoms with van der Waals surface area (Å²) in [5.74, 6) is 0.208. The number of nitrogens with one attached hydrogen (secondary N) is 1. The molecule has 6 heteroatoms. The topological polar surface area (TPSA) is 32.3 Å². The van der Waals surface area contributed by atoms with Gasteiger partial charge < -0.3 is 10.2 Å². The van der Waals surface area contributed by atoms with Gasteiger partial charge in [-0.05, 0) is 31.0 Å². The number of hydrogen-bond donors (Lipinski definition) is 1. The molecule has 1 atom stereocenters. The molecule has 20 heavy (non-hydrogen) atoms. The van der Waals surface area contributed by atoms with Crippen LogP contribution in [0.1, 0.15) is 18.9 Å². The molecule has 0 radical (unpaired) electrons. The largest absolute Gasteiger partial charge is 0.337 e. The summed E-state index contributed by atoms with van der Waals surface area (Å²) in [6.07, 6.45) is 1.22. The quantitative estimate of drug-likeness (QED) is 0.919. The second kappa shape index (κ2) is 8.08. The fraction of sp³-hybridized carbons (Fsp3) is 0.500. The molecule has 0 spiro atoms. The zero-order valence-corrected chi connectivity index (χ0v) is 13.7. The van der Waals surface area contributed by atoms with E-state index in [1.54, 1.807) is 6.07 Å². The van der Waals surface area contributed by atoms with Crippen LogP contribution in [-0.2, 0) is 11.2 Å². The molecule has 0 unspecified atom stereocenters. The summed E-state index contributed by atoms with van der Waals surface area (Å²) in [7, 11) is 0. The van der Waals surface area contributed by atoms with Crippen LogP contribution in [0.25, 0.3) is 0 Å². The fourth-order valence-corrected chi connectivity index (χ4v) is 2.62. The van der Waals surface area contributed by atoms with Crippen LogP contribution in [0.4, 0.5) is 0 Å². The van der Waals surface area contributed by atoms with E-state index in [1.165, 1.54) is 0 Å². The van der Waals surface area contributed by atoms with E-state index < -0.39 is 0 Å². The van der Waals surface area contributed by atoms with Crippen molar-refractivity contribution in [1.82, 2.24) is 10.2 Å². The molecule has 3 nitrogen and oxygen atoms in total. The molecule has 1 aliphatic rings. The Bertz CT molecular complexity index is 468. The van der Waals surface area contributed by atoms with Gasteiger partial charge in [0.25, 0.3) is 0 Å². The van der Waals surface area contributed by atoms with Crippen molar-refractivity contribution in [2.24, 2.45) is 0 Å². The summed E-state index contributed by atoms with van der Waals surface area (Å²) in [6.45, 7) is 4.62. The average Bonchev–Trinajstić information content (AvgIpc) is 2.40. The fourth-order valence-electron chi connectivity index (χ4n) is 2.30. The highest BCUT2D eigenvalue weighted by molar-refractivity contribution is 6.42. The van der Waals surface area contributed by atoms with E-state index in [4.69, 9.17) is 23.2 Å². The van der Waals surface area contributed by atoms with Crippen molar-refractivity contribution in [3.05, 3.63) is 33.8 Å². The van der Waals surface area contributed by atoms with Crippen molar-refractivity contribution in [2.45, 2.75) is 25.8 Å². The van der Waals surface area contributed by atoms with E-state index >= 15 is 0 Å². The van der Waals surface area contributed by atoms with Gasteiger partial charge >= 0.3 is 0 Å². The molecule has 112 valence electrons. The van der Waals surface area contributed by atoms with E-state index in [-0.39, 0.29) is 24.4 Å². The first-order valence-corrected chi connectivity index (χ1v) is 7.27. The molecule has 1 N–H and O–H groups in total. The summed E-state index contributed by atoms with van der Waals surface area (Å²) in [6, 6.07) is 5.80. The summed E-state index contributed by atoms with van der Waals surface area (Å²) < 4.78 is 0. The number of carbonyl (C=O) groups is 1. The number of aryl methyl sites for hydroxylation is 1. The smallest absolute Gasteiger partial charge is 0.223 e. The van der Waals surface area contributed by atoms with Gasteiger partial charge in [0.1, 0.15) is 0 Å². The Labute approximate surface area is 136 Å². The molecule has 2 rings (SSSR count). The molecule has 1 fully saturated rings. The number of halogens is 3. The lowest BCUT2D eigenvalue weighted by Crippen LogP contribution is -2.52. The second-order valence-corrected chi connectivity index (χ2v) is 5.70. The molecule has 0 saturated carbocycles. The van der Waals surface area contributed by atoms with Gasteiger partial charge in [-0.2, -0.15) is 0 Å². The van der Waals surface area contributed by atoms with Crippen LogP contribution in [-0.4, -0.2) is 36.5 Å². The molecule has 0 aliphatic carbocycles. The summed E-state index contributed by atoms with van der Waals surface area (Å²) >= 11 is 11.8. The standard InChI is InChI=1S/C14H18Cl2N2O.ClH/c1-10-9-17-6-7-18(10)14(19)5-3-11-2-4-12(15)13(16)8-11;/h2,4,8,10,17H,3,5-7,9H2,1H3;1H/t10-;/m1./s1. The maximum atomic E-state index is 12.2. The lowest BCUT2D eigenvalue weighted by Gasteiger charge is -2.34. The Morgan fingerprint density at radius 3 is 2.80 bits per heavy atom. The monoisotopic (exact) mass is 336 g/mol. The molecule has 1 aromatic rings. The molecule has 1 aliphatic heterocycles. The second-order valence-electron chi connectivity index (χ2n) is 4.89. The Kier molecular flexibility index (Phi) is 7.10. The number of nitrogens with zero attached hydrogens (tertiary/aromatic N) is 1. The van der Waals surface area contributed by atoms with Gasteiger partial charge in [-0.3, -0.25) is 4.79 Å². The Morgan fingerprint density at radius 2 is 2.15 bits per heavy atom. The van der Waals surface area contributed by atoms with Crippen molar-refractivity contribution >= 4 is 41.5 Å². The van der Waals surface area contributed by atoms with E-state index in [0.717, 1.165) is 25.2 Å². The van der Waals surface area contributed by atoms with Gasteiger partial charge in [0, 0.05) is 32.1 Å². The first kappa shape index (κ1) is 17.6. The lowest BCUT2D eigenvalue weighted by atomic mass is 10.1. The van der Waals surface area contributed by atoms with Crippen LogP contribution in [0.5, 0.6) is 0 Å². The molecule has 1 aromatic carbocycles. The third-order valence-corrected chi connectivity index (χ3v) is 4.17. The van der Waals surface area contributed by atoms with Gasteiger partial charge in [0.15, 0.2) is 0 Å². The highest BCUT2D eigenvalue weighted by Crippen LogP contribution is 2.23. The van der Waals surface area contributed by atoms with E-state index in [2.05, 4.69) is 12.2 Å². The van der Waals surface area contributed by atoms with Crippen LogP contribution in [0, 0.1) is 0 Å². The van der Waals surface area contributed by atoms with Gasteiger partial charge in [-0.1, -0.05) is 29.3 Å².